The summed E-state index contributed by atoms with van der Waals surface area (Å²) in [6, 6.07) is 0. The average Bonchev–Trinajstić information content (AvgIpc) is 2.01. The van der Waals surface area contributed by atoms with Crippen molar-refractivity contribution >= 4 is 5.97 Å². The van der Waals surface area contributed by atoms with E-state index in [1.54, 1.807) is 0 Å². The molecule has 1 saturated carbocycles. The van der Waals surface area contributed by atoms with Gasteiger partial charge < -0.3 is 5.11 Å². The highest BCUT2D eigenvalue weighted by atomic mass is 16.4. The van der Waals surface area contributed by atoms with E-state index >= 15 is 0 Å². The number of aliphatic carboxylic acids is 1. The Balaban J connectivity index is 2.80. The van der Waals surface area contributed by atoms with Crippen LogP contribution in [0.25, 0.3) is 0 Å². The minimum absolute atomic E-state index is 0.117. The van der Waals surface area contributed by atoms with Gasteiger partial charge in [0.05, 0.1) is 5.92 Å². The highest BCUT2D eigenvalue weighted by Gasteiger charge is 2.39. The molecule has 4 atom stereocenters. The zero-order valence-corrected chi connectivity index (χ0v) is 9.66. The predicted octanol–water partition coefficient (Wildman–Crippen LogP) is 3.03. The molecule has 0 amide bonds. The quantitative estimate of drug-likeness (QED) is 0.740. The Bertz CT molecular complexity index is 210. The van der Waals surface area contributed by atoms with Crippen molar-refractivity contribution in [1.29, 1.82) is 0 Å². The second-order valence-electron chi connectivity index (χ2n) is 5.32. The molecule has 0 aromatic carbocycles. The first-order valence-corrected chi connectivity index (χ1v) is 5.66. The minimum Gasteiger partial charge on any atom is -0.481 e. The largest absolute Gasteiger partial charge is 0.481 e. The van der Waals surface area contributed by atoms with E-state index in [4.69, 9.17) is 0 Å². The molecule has 0 bridgehead atoms. The van der Waals surface area contributed by atoms with Crippen LogP contribution in [0.1, 0.15) is 40.5 Å². The Kier molecular flexibility index (Phi) is 3.57. The molecule has 0 heterocycles. The molecular weight excluding hydrogens is 176 g/mol. The molecular formula is C12H22O2. The first kappa shape index (κ1) is 11.5. The Labute approximate surface area is 86.7 Å². The van der Waals surface area contributed by atoms with Crippen molar-refractivity contribution in [2.75, 3.05) is 0 Å². The monoisotopic (exact) mass is 198 g/mol. The van der Waals surface area contributed by atoms with Gasteiger partial charge in [0.15, 0.2) is 0 Å². The number of hydrogen-bond donors (Lipinski definition) is 1. The van der Waals surface area contributed by atoms with Gasteiger partial charge in [0.25, 0.3) is 0 Å². The lowest BCUT2D eigenvalue weighted by molar-refractivity contribution is -0.148. The topological polar surface area (TPSA) is 37.3 Å². The zero-order chi connectivity index (χ0) is 10.9. The summed E-state index contributed by atoms with van der Waals surface area (Å²) < 4.78 is 0. The lowest BCUT2D eigenvalue weighted by atomic mass is 9.65. The number of carboxylic acids is 1. The average molecular weight is 198 g/mol. The van der Waals surface area contributed by atoms with Crippen molar-refractivity contribution in [3.8, 4) is 0 Å². The molecule has 1 N–H and O–H groups in total. The van der Waals surface area contributed by atoms with Crippen LogP contribution in [0.5, 0.6) is 0 Å². The van der Waals surface area contributed by atoms with Crippen molar-refractivity contribution in [2.45, 2.75) is 40.5 Å². The van der Waals surface area contributed by atoms with Crippen molar-refractivity contribution in [1.82, 2.24) is 0 Å². The van der Waals surface area contributed by atoms with Gasteiger partial charge in [0.1, 0.15) is 0 Å². The molecule has 0 aliphatic heterocycles. The first-order chi connectivity index (χ1) is 6.43. The predicted molar refractivity (Wildman–Crippen MR) is 57.0 cm³/mol. The van der Waals surface area contributed by atoms with Crippen molar-refractivity contribution in [3.05, 3.63) is 0 Å². The van der Waals surface area contributed by atoms with Gasteiger partial charge in [-0.15, -0.1) is 0 Å². The molecule has 2 nitrogen and oxygen atoms in total. The zero-order valence-electron chi connectivity index (χ0n) is 9.66. The molecule has 2 heteroatoms. The van der Waals surface area contributed by atoms with Crippen molar-refractivity contribution < 1.29 is 9.90 Å². The SMILES string of the molecule is CC(C)[C@@H]1C(C)C[C@@H](C)C[C@H]1C(=O)O. The van der Waals surface area contributed by atoms with E-state index in [0.717, 1.165) is 6.42 Å². The van der Waals surface area contributed by atoms with Crippen molar-refractivity contribution in [3.63, 3.8) is 0 Å². The fourth-order valence-corrected chi connectivity index (χ4v) is 3.26. The Morgan fingerprint density at radius 2 is 1.86 bits per heavy atom. The lowest BCUT2D eigenvalue weighted by Crippen LogP contribution is -2.38. The van der Waals surface area contributed by atoms with Crippen LogP contribution < -0.4 is 0 Å². The molecule has 14 heavy (non-hydrogen) atoms. The minimum atomic E-state index is -0.595. The first-order valence-electron chi connectivity index (χ1n) is 5.66. The maximum atomic E-state index is 11.2. The third-order valence-corrected chi connectivity index (χ3v) is 3.64. The van der Waals surface area contributed by atoms with Gasteiger partial charge in [-0.05, 0) is 36.5 Å². The molecule has 0 saturated heterocycles. The van der Waals surface area contributed by atoms with Crippen LogP contribution in [0.4, 0.5) is 0 Å². The summed E-state index contributed by atoms with van der Waals surface area (Å²) in [7, 11) is 0. The summed E-state index contributed by atoms with van der Waals surface area (Å²) in [5, 5.41) is 9.19. The van der Waals surface area contributed by atoms with Crippen LogP contribution >= 0.6 is 0 Å². The van der Waals surface area contributed by atoms with Crippen LogP contribution in [0.2, 0.25) is 0 Å². The normalized spacial score (nSPS) is 38.6. The van der Waals surface area contributed by atoms with Gasteiger partial charge in [0, 0.05) is 0 Å². The molecule has 1 unspecified atom stereocenters. The third kappa shape index (κ3) is 2.28. The Morgan fingerprint density at radius 3 is 2.29 bits per heavy atom. The van der Waals surface area contributed by atoms with Crippen LogP contribution in [-0.4, -0.2) is 11.1 Å². The fraction of sp³-hybridized carbons (Fsp3) is 0.917. The Morgan fingerprint density at radius 1 is 1.29 bits per heavy atom. The van der Waals surface area contributed by atoms with Crippen molar-refractivity contribution in [2.24, 2.45) is 29.6 Å². The van der Waals surface area contributed by atoms with Gasteiger partial charge in [-0.25, -0.2) is 0 Å². The smallest absolute Gasteiger partial charge is 0.306 e. The Hall–Kier alpha value is -0.530. The molecule has 82 valence electrons. The van der Waals surface area contributed by atoms with E-state index in [0.29, 0.717) is 23.7 Å². The van der Waals surface area contributed by atoms with Crippen LogP contribution in [0.15, 0.2) is 0 Å². The second kappa shape index (κ2) is 4.33. The van der Waals surface area contributed by atoms with Crippen LogP contribution in [0, 0.1) is 29.6 Å². The van der Waals surface area contributed by atoms with E-state index in [2.05, 4.69) is 27.7 Å². The molecule has 0 radical (unpaired) electrons. The number of hydrogen-bond acceptors (Lipinski definition) is 1. The van der Waals surface area contributed by atoms with Gasteiger partial charge in [-0.3, -0.25) is 4.79 Å². The molecule has 0 aromatic rings. The third-order valence-electron chi connectivity index (χ3n) is 3.64. The molecule has 1 rings (SSSR count). The van der Waals surface area contributed by atoms with Crippen LogP contribution in [0.3, 0.4) is 0 Å². The molecule has 1 aliphatic carbocycles. The molecule has 0 aromatic heterocycles. The number of rotatable bonds is 2. The maximum Gasteiger partial charge on any atom is 0.306 e. The van der Waals surface area contributed by atoms with Gasteiger partial charge in [-0.1, -0.05) is 27.7 Å². The fourth-order valence-electron chi connectivity index (χ4n) is 3.26. The molecule has 1 fully saturated rings. The molecule has 0 spiro atoms. The summed E-state index contributed by atoms with van der Waals surface area (Å²) in [6.07, 6.45) is 2.05. The van der Waals surface area contributed by atoms with E-state index in [1.165, 1.54) is 6.42 Å². The highest BCUT2D eigenvalue weighted by molar-refractivity contribution is 5.70. The highest BCUT2D eigenvalue weighted by Crippen LogP contribution is 2.41. The van der Waals surface area contributed by atoms with Gasteiger partial charge in [-0.2, -0.15) is 0 Å². The lowest BCUT2D eigenvalue weighted by Gasteiger charge is -2.39. The number of carbonyl (C=O) groups is 1. The summed E-state index contributed by atoms with van der Waals surface area (Å²) in [5.74, 6) is 1.26. The molecule has 1 aliphatic rings. The summed E-state index contributed by atoms with van der Waals surface area (Å²) in [6.45, 7) is 8.67. The number of carboxylic acid groups (broad SMARTS) is 1. The second-order valence-corrected chi connectivity index (χ2v) is 5.32. The summed E-state index contributed by atoms with van der Waals surface area (Å²) >= 11 is 0. The van der Waals surface area contributed by atoms with Gasteiger partial charge in [0.2, 0.25) is 0 Å². The van der Waals surface area contributed by atoms with E-state index in [9.17, 15) is 9.90 Å². The van der Waals surface area contributed by atoms with Crippen LogP contribution in [-0.2, 0) is 4.79 Å². The van der Waals surface area contributed by atoms with E-state index in [1.807, 2.05) is 0 Å². The summed E-state index contributed by atoms with van der Waals surface area (Å²) in [4.78, 5) is 11.2. The maximum absolute atomic E-state index is 11.2. The van der Waals surface area contributed by atoms with E-state index in [-0.39, 0.29) is 5.92 Å². The summed E-state index contributed by atoms with van der Waals surface area (Å²) in [5.41, 5.74) is 0. The standard InChI is InChI=1S/C12H22O2/c1-7(2)11-9(4)5-8(3)6-10(11)12(13)14/h7-11H,5-6H2,1-4H3,(H,13,14)/t8-,9?,10-,11-/m1/s1. The van der Waals surface area contributed by atoms with E-state index < -0.39 is 5.97 Å². The van der Waals surface area contributed by atoms with Gasteiger partial charge >= 0.3 is 5.97 Å².